The number of methoxy groups -OCH3 is 1. The Morgan fingerprint density at radius 2 is 1.81 bits per heavy atom. The number of pyridine rings is 1. The third kappa shape index (κ3) is 4.44. The molecule has 0 unspecified atom stereocenters. The first kappa shape index (κ1) is 20.6. The normalized spacial score (nSPS) is 10.6. The van der Waals surface area contributed by atoms with E-state index in [9.17, 15) is 4.79 Å². The lowest BCUT2D eigenvalue weighted by molar-refractivity contribution is 0.0946. The quantitative estimate of drug-likeness (QED) is 0.446. The summed E-state index contributed by atoms with van der Waals surface area (Å²) in [6, 6.07) is 19.2. The van der Waals surface area contributed by atoms with Gasteiger partial charge >= 0.3 is 0 Å². The van der Waals surface area contributed by atoms with Gasteiger partial charge in [-0.3, -0.25) is 9.78 Å². The van der Waals surface area contributed by atoms with Gasteiger partial charge < -0.3 is 10.1 Å². The largest absolute Gasteiger partial charge is 0.494 e. The van der Waals surface area contributed by atoms with E-state index in [0.29, 0.717) is 23.7 Å². The second kappa shape index (κ2) is 9.44. The molecule has 0 aliphatic rings. The van der Waals surface area contributed by atoms with Gasteiger partial charge in [0.2, 0.25) is 0 Å². The van der Waals surface area contributed by atoms with Crippen molar-refractivity contribution in [1.29, 1.82) is 0 Å². The van der Waals surface area contributed by atoms with Gasteiger partial charge in [-0.2, -0.15) is 0 Å². The molecule has 1 N–H and O–H groups in total. The maximum absolute atomic E-state index is 13.1. The predicted molar refractivity (Wildman–Crippen MR) is 121 cm³/mol. The Morgan fingerprint density at radius 3 is 2.52 bits per heavy atom. The number of amides is 1. The Labute approximate surface area is 184 Å². The van der Waals surface area contributed by atoms with Gasteiger partial charge in [-0.25, -0.2) is 4.68 Å². The van der Waals surface area contributed by atoms with Crippen LogP contribution in [-0.2, 0) is 6.54 Å². The molecular formula is C23H21N5O2S. The van der Waals surface area contributed by atoms with Gasteiger partial charge in [0.1, 0.15) is 17.1 Å². The summed E-state index contributed by atoms with van der Waals surface area (Å²) in [7, 11) is 1.60. The molecular weight excluding hydrogens is 410 g/mol. The van der Waals surface area contributed by atoms with E-state index in [4.69, 9.17) is 4.74 Å². The Morgan fingerprint density at radius 1 is 1.06 bits per heavy atom. The molecule has 0 saturated heterocycles. The molecule has 0 aliphatic heterocycles. The number of carbonyl (C=O) groups is 1. The van der Waals surface area contributed by atoms with Crippen molar-refractivity contribution in [2.75, 3.05) is 13.4 Å². The predicted octanol–water partition coefficient (Wildman–Crippen LogP) is 3.99. The number of ether oxygens (including phenoxy) is 1. The molecule has 2 aromatic carbocycles. The number of hydrogen-bond acceptors (Lipinski definition) is 6. The van der Waals surface area contributed by atoms with Crippen LogP contribution < -0.4 is 10.1 Å². The number of hydrogen-bond donors (Lipinski definition) is 1. The third-order valence-corrected chi connectivity index (χ3v) is 5.51. The highest BCUT2D eigenvalue weighted by Crippen LogP contribution is 2.29. The molecule has 0 aliphatic carbocycles. The van der Waals surface area contributed by atoms with Crippen molar-refractivity contribution >= 4 is 17.7 Å². The van der Waals surface area contributed by atoms with E-state index in [-0.39, 0.29) is 11.6 Å². The van der Waals surface area contributed by atoms with E-state index in [0.717, 1.165) is 11.1 Å². The number of thioether (sulfide) groups is 1. The molecule has 4 rings (SSSR count). The van der Waals surface area contributed by atoms with Crippen LogP contribution in [0.2, 0.25) is 0 Å². The minimum absolute atomic E-state index is 0.234. The van der Waals surface area contributed by atoms with Gasteiger partial charge in [0.15, 0.2) is 5.69 Å². The van der Waals surface area contributed by atoms with Gasteiger partial charge in [-0.1, -0.05) is 29.5 Å². The number of aromatic nitrogens is 4. The van der Waals surface area contributed by atoms with Crippen LogP contribution in [0.4, 0.5) is 0 Å². The summed E-state index contributed by atoms with van der Waals surface area (Å²) < 4.78 is 7.10. The highest BCUT2D eigenvalue weighted by atomic mass is 32.2. The standard InChI is InChI=1S/C23H21N5O2S/c1-30-20-6-4-3-5-19(20)28-22(17-11-13-24-14-12-17)21(26-27-28)23(29)25-15-16-7-9-18(31-2)10-8-16/h3-14H,15H2,1-2H3,(H,25,29). The van der Waals surface area contributed by atoms with Gasteiger partial charge in [0.25, 0.3) is 5.91 Å². The second-order valence-electron chi connectivity index (χ2n) is 6.64. The monoisotopic (exact) mass is 431 g/mol. The number of nitrogens with one attached hydrogen (secondary N) is 1. The molecule has 0 bridgehead atoms. The van der Waals surface area contributed by atoms with Crippen LogP contribution in [0.1, 0.15) is 16.1 Å². The summed E-state index contributed by atoms with van der Waals surface area (Å²) in [5.74, 6) is 0.324. The average Bonchev–Trinajstić information content (AvgIpc) is 3.28. The van der Waals surface area contributed by atoms with Crippen LogP contribution in [-0.4, -0.2) is 39.3 Å². The molecule has 0 fully saturated rings. The molecule has 0 atom stereocenters. The van der Waals surface area contributed by atoms with E-state index >= 15 is 0 Å². The van der Waals surface area contributed by atoms with Crippen molar-refractivity contribution in [2.24, 2.45) is 0 Å². The van der Waals surface area contributed by atoms with Crippen LogP contribution >= 0.6 is 11.8 Å². The van der Waals surface area contributed by atoms with Crippen molar-refractivity contribution in [3.63, 3.8) is 0 Å². The zero-order valence-corrected chi connectivity index (χ0v) is 18.0. The Balaban J connectivity index is 1.68. The average molecular weight is 432 g/mol. The summed E-state index contributed by atoms with van der Waals surface area (Å²) in [5, 5.41) is 11.4. The van der Waals surface area contributed by atoms with Crippen molar-refractivity contribution in [3.05, 3.63) is 84.3 Å². The maximum Gasteiger partial charge on any atom is 0.274 e. The lowest BCUT2D eigenvalue weighted by Gasteiger charge is -2.12. The number of carbonyl (C=O) groups excluding carboxylic acids is 1. The molecule has 31 heavy (non-hydrogen) atoms. The van der Waals surface area contributed by atoms with Crippen molar-refractivity contribution in [2.45, 2.75) is 11.4 Å². The second-order valence-corrected chi connectivity index (χ2v) is 7.52. The van der Waals surface area contributed by atoms with Crippen LogP contribution in [0.25, 0.3) is 16.9 Å². The number of para-hydroxylation sites is 2. The third-order valence-electron chi connectivity index (χ3n) is 4.76. The molecule has 0 spiro atoms. The van der Waals surface area contributed by atoms with Crippen LogP contribution in [0.3, 0.4) is 0 Å². The number of nitrogens with zero attached hydrogens (tertiary/aromatic N) is 4. The summed E-state index contributed by atoms with van der Waals surface area (Å²) in [6.07, 6.45) is 5.37. The minimum Gasteiger partial charge on any atom is -0.494 e. The number of rotatable bonds is 7. The van der Waals surface area contributed by atoms with Gasteiger partial charge in [0, 0.05) is 29.4 Å². The highest BCUT2D eigenvalue weighted by molar-refractivity contribution is 7.98. The van der Waals surface area contributed by atoms with Crippen LogP contribution in [0.15, 0.2) is 78.0 Å². The zero-order valence-electron chi connectivity index (χ0n) is 17.1. The molecule has 8 heteroatoms. The molecule has 156 valence electrons. The zero-order chi connectivity index (χ0) is 21.6. The van der Waals surface area contributed by atoms with E-state index in [2.05, 4.69) is 20.6 Å². The summed E-state index contributed by atoms with van der Waals surface area (Å²) >= 11 is 1.68. The van der Waals surface area contributed by atoms with Gasteiger partial charge in [-0.05, 0) is 48.2 Å². The number of benzene rings is 2. The topological polar surface area (TPSA) is 81.9 Å². The maximum atomic E-state index is 13.1. The first-order chi connectivity index (χ1) is 15.2. The van der Waals surface area contributed by atoms with Gasteiger partial charge in [0.05, 0.1) is 7.11 Å². The summed E-state index contributed by atoms with van der Waals surface area (Å²) in [5.41, 5.74) is 3.28. The lowest BCUT2D eigenvalue weighted by Crippen LogP contribution is -2.24. The molecule has 2 aromatic heterocycles. The fraction of sp³-hybridized carbons (Fsp3) is 0.130. The first-order valence-electron chi connectivity index (χ1n) is 9.62. The van der Waals surface area contributed by atoms with Gasteiger partial charge in [-0.15, -0.1) is 16.9 Å². The van der Waals surface area contributed by atoms with Crippen LogP contribution in [0.5, 0.6) is 5.75 Å². The molecule has 0 radical (unpaired) electrons. The van der Waals surface area contributed by atoms with E-state index in [1.165, 1.54) is 4.90 Å². The Kier molecular flexibility index (Phi) is 6.28. The molecule has 0 saturated carbocycles. The van der Waals surface area contributed by atoms with E-state index < -0.39 is 0 Å². The van der Waals surface area contributed by atoms with E-state index in [1.807, 2.05) is 66.9 Å². The molecule has 4 aromatic rings. The summed E-state index contributed by atoms with van der Waals surface area (Å²) in [6.45, 7) is 0.394. The minimum atomic E-state index is -0.304. The SMILES string of the molecule is COc1ccccc1-n1nnc(C(=O)NCc2ccc(SC)cc2)c1-c1ccncc1. The van der Waals surface area contributed by atoms with Crippen LogP contribution in [0, 0.1) is 0 Å². The van der Waals surface area contributed by atoms with Crippen molar-refractivity contribution < 1.29 is 9.53 Å². The highest BCUT2D eigenvalue weighted by Gasteiger charge is 2.23. The fourth-order valence-corrected chi connectivity index (χ4v) is 3.59. The Bertz CT molecular complexity index is 1180. The molecule has 7 nitrogen and oxygen atoms in total. The Hall–Kier alpha value is -3.65. The lowest BCUT2D eigenvalue weighted by atomic mass is 10.1. The summed E-state index contributed by atoms with van der Waals surface area (Å²) in [4.78, 5) is 18.3. The first-order valence-corrected chi connectivity index (χ1v) is 10.8. The van der Waals surface area contributed by atoms with E-state index in [1.54, 1.807) is 35.9 Å². The smallest absolute Gasteiger partial charge is 0.274 e. The fourth-order valence-electron chi connectivity index (χ4n) is 3.19. The van der Waals surface area contributed by atoms with Crippen molar-refractivity contribution in [1.82, 2.24) is 25.3 Å². The molecule has 1 amide bonds. The van der Waals surface area contributed by atoms with Crippen molar-refractivity contribution in [3.8, 4) is 22.7 Å². The molecule has 2 heterocycles.